The molecule has 5 heteroatoms. The molecule has 3 unspecified atom stereocenters. The van der Waals surface area contributed by atoms with E-state index in [0.29, 0.717) is 11.8 Å². The molecule has 1 heterocycles. The lowest BCUT2D eigenvalue weighted by molar-refractivity contribution is -0.191. The zero-order valence-corrected chi connectivity index (χ0v) is 20.1. The summed E-state index contributed by atoms with van der Waals surface area (Å²) >= 11 is 1.61. The quantitative estimate of drug-likeness (QED) is 0.374. The van der Waals surface area contributed by atoms with Gasteiger partial charge in [0.2, 0.25) is 0 Å². The van der Waals surface area contributed by atoms with Crippen LogP contribution in [0.4, 0.5) is 0 Å². The summed E-state index contributed by atoms with van der Waals surface area (Å²) in [7, 11) is 1.49. The molecular weight excluding hydrogens is 408 g/mol. The first-order valence-corrected chi connectivity index (χ1v) is 12.6. The summed E-state index contributed by atoms with van der Waals surface area (Å²) in [6, 6.07) is 10.2. The van der Waals surface area contributed by atoms with Crippen molar-refractivity contribution < 1.29 is 19.0 Å². The molecule has 4 nitrogen and oxygen atoms in total. The van der Waals surface area contributed by atoms with Gasteiger partial charge in [0.05, 0.1) is 13.2 Å². The third kappa shape index (κ3) is 7.10. The Hall–Kier alpha value is -1.30. The predicted octanol–water partition coefficient (Wildman–Crippen LogP) is 6.39. The summed E-state index contributed by atoms with van der Waals surface area (Å²) in [5, 5.41) is 0. The van der Waals surface area contributed by atoms with Crippen molar-refractivity contribution >= 4 is 17.7 Å². The molecule has 0 amide bonds. The Morgan fingerprint density at radius 3 is 2.58 bits per heavy atom. The first kappa shape index (κ1) is 24.3. The van der Waals surface area contributed by atoms with E-state index in [1.165, 1.54) is 13.5 Å². The number of thioether (sulfide) groups is 1. The van der Waals surface area contributed by atoms with E-state index in [4.69, 9.17) is 14.2 Å². The number of ether oxygens (including phenoxy) is 3. The molecule has 1 aliphatic heterocycles. The SMILES string of the molecule is COC(=O)C1(Sc2ccccc2)C=C[C@H](C(C)C)CCC(OC2CCCCO2)CCC1. The molecule has 1 saturated heterocycles. The standard InChI is InChI=1S/C26H38O4S/c1-20(2)21-14-15-22(30-24-13-7-8-19-29-24)10-9-17-26(18-16-21,25(27)28-3)31-23-11-5-4-6-12-23/h4-6,11-12,16,18,20-22,24H,7-10,13-15,17,19H2,1-3H3/t21-,22?,24?,26?/m1/s1. The minimum absolute atomic E-state index is 0.0706. The molecule has 31 heavy (non-hydrogen) atoms. The van der Waals surface area contributed by atoms with E-state index in [2.05, 4.69) is 38.1 Å². The van der Waals surface area contributed by atoms with Gasteiger partial charge < -0.3 is 14.2 Å². The van der Waals surface area contributed by atoms with Gasteiger partial charge >= 0.3 is 5.97 Å². The van der Waals surface area contributed by atoms with Gasteiger partial charge in [0.25, 0.3) is 0 Å². The fraction of sp³-hybridized carbons (Fsp3) is 0.654. The van der Waals surface area contributed by atoms with Gasteiger partial charge in [-0.1, -0.05) is 44.2 Å². The van der Waals surface area contributed by atoms with Crippen LogP contribution in [0, 0.1) is 11.8 Å². The minimum Gasteiger partial charge on any atom is -0.468 e. The fourth-order valence-corrected chi connectivity index (χ4v) is 5.74. The molecule has 1 aliphatic carbocycles. The molecule has 4 atom stereocenters. The Bertz CT molecular complexity index is 699. The number of allylic oxidation sites excluding steroid dienone is 1. The highest BCUT2D eigenvalue weighted by Crippen LogP contribution is 2.41. The predicted molar refractivity (Wildman–Crippen MR) is 126 cm³/mol. The highest BCUT2D eigenvalue weighted by atomic mass is 32.2. The number of carbonyl (C=O) groups is 1. The van der Waals surface area contributed by atoms with E-state index in [0.717, 1.165) is 56.4 Å². The van der Waals surface area contributed by atoms with E-state index in [-0.39, 0.29) is 18.4 Å². The zero-order valence-electron chi connectivity index (χ0n) is 19.3. The van der Waals surface area contributed by atoms with Crippen molar-refractivity contribution in [2.75, 3.05) is 13.7 Å². The third-order valence-corrected chi connectivity index (χ3v) is 7.80. The molecule has 1 fully saturated rings. The molecular formula is C26H38O4S. The first-order chi connectivity index (χ1) is 15.0. The second kappa shape index (κ2) is 12.1. The normalized spacial score (nSPS) is 30.1. The zero-order chi connectivity index (χ0) is 22.1. The fourth-order valence-electron chi connectivity index (χ4n) is 4.47. The lowest BCUT2D eigenvalue weighted by Gasteiger charge is -2.33. The lowest BCUT2D eigenvalue weighted by Crippen LogP contribution is -2.36. The Labute approximate surface area is 192 Å². The van der Waals surface area contributed by atoms with Crippen LogP contribution in [0.2, 0.25) is 0 Å². The van der Waals surface area contributed by atoms with Crippen LogP contribution >= 0.6 is 11.8 Å². The van der Waals surface area contributed by atoms with Crippen LogP contribution in [0.5, 0.6) is 0 Å². The molecule has 172 valence electrons. The molecule has 3 rings (SSSR count). The number of rotatable bonds is 6. The van der Waals surface area contributed by atoms with Crippen molar-refractivity contribution in [2.24, 2.45) is 11.8 Å². The summed E-state index contributed by atoms with van der Waals surface area (Å²) in [6.07, 6.45) is 12.4. The maximum atomic E-state index is 13.1. The number of carbonyl (C=O) groups excluding carboxylic acids is 1. The summed E-state index contributed by atoms with van der Waals surface area (Å²) in [4.78, 5) is 14.2. The van der Waals surface area contributed by atoms with Crippen LogP contribution in [0.1, 0.15) is 65.2 Å². The van der Waals surface area contributed by atoms with E-state index < -0.39 is 4.75 Å². The number of hydrogen-bond donors (Lipinski definition) is 0. The minimum atomic E-state index is -0.716. The van der Waals surface area contributed by atoms with E-state index in [1.54, 1.807) is 11.8 Å². The lowest BCUT2D eigenvalue weighted by atomic mass is 9.85. The number of benzene rings is 1. The van der Waals surface area contributed by atoms with Crippen molar-refractivity contribution in [1.82, 2.24) is 0 Å². The summed E-state index contributed by atoms with van der Waals surface area (Å²) in [5.41, 5.74) is 0. The molecule has 0 N–H and O–H groups in total. The van der Waals surface area contributed by atoms with Crippen molar-refractivity contribution in [3.05, 3.63) is 42.5 Å². The molecule has 0 spiro atoms. The smallest absolute Gasteiger partial charge is 0.326 e. The maximum Gasteiger partial charge on any atom is 0.326 e. The third-order valence-electron chi connectivity index (χ3n) is 6.42. The van der Waals surface area contributed by atoms with Gasteiger partial charge in [-0.05, 0) is 75.3 Å². The van der Waals surface area contributed by atoms with Gasteiger partial charge in [0.15, 0.2) is 6.29 Å². The second-order valence-electron chi connectivity index (χ2n) is 9.09. The van der Waals surface area contributed by atoms with Crippen LogP contribution < -0.4 is 0 Å². The Kier molecular flexibility index (Phi) is 9.48. The van der Waals surface area contributed by atoms with Crippen LogP contribution in [0.3, 0.4) is 0 Å². The molecule has 1 aromatic rings. The van der Waals surface area contributed by atoms with Gasteiger partial charge in [0.1, 0.15) is 4.75 Å². The maximum absolute atomic E-state index is 13.1. The topological polar surface area (TPSA) is 44.8 Å². The molecule has 0 aromatic heterocycles. The molecule has 2 aliphatic rings. The number of methoxy groups -OCH3 is 1. The van der Waals surface area contributed by atoms with Gasteiger partial charge in [-0.2, -0.15) is 0 Å². The molecule has 0 radical (unpaired) electrons. The van der Waals surface area contributed by atoms with Crippen LogP contribution in [0.25, 0.3) is 0 Å². The average molecular weight is 447 g/mol. The highest BCUT2D eigenvalue weighted by Gasteiger charge is 2.39. The molecule has 0 saturated carbocycles. The van der Waals surface area contributed by atoms with Crippen molar-refractivity contribution in [1.29, 1.82) is 0 Å². The van der Waals surface area contributed by atoms with Crippen LogP contribution in [-0.4, -0.2) is 36.8 Å². The molecule has 0 bridgehead atoms. The van der Waals surface area contributed by atoms with Gasteiger partial charge in [-0.25, -0.2) is 0 Å². The van der Waals surface area contributed by atoms with Crippen molar-refractivity contribution in [2.45, 2.75) is 87.3 Å². The van der Waals surface area contributed by atoms with Crippen LogP contribution in [0.15, 0.2) is 47.4 Å². The van der Waals surface area contributed by atoms with Crippen molar-refractivity contribution in [3.63, 3.8) is 0 Å². The summed E-state index contributed by atoms with van der Waals surface area (Å²) in [6.45, 7) is 5.31. The Balaban J connectivity index is 1.82. The highest BCUT2D eigenvalue weighted by molar-refractivity contribution is 8.01. The summed E-state index contributed by atoms with van der Waals surface area (Å²) in [5.74, 6) is 0.727. The Morgan fingerprint density at radius 2 is 1.90 bits per heavy atom. The Morgan fingerprint density at radius 1 is 1.10 bits per heavy atom. The average Bonchev–Trinajstić information content (AvgIpc) is 2.79. The van der Waals surface area contributed by atoms with Gasteiger partial charge in [-0.3, -0.25) is 4.79 Å². The van der Waals surface area contributed by atoms with Crippen molar-refractivity contribution in [3.8, 4) is 0 Å². The number of esters is 1. The van der Waals surface area contributed by atoms with E-state index in [9.17, 15) is 4.79 Å². The monoisotopic (exact) mass is 446 g/mol. The second-order valence-corrected chi connectivity index (χ2v) is 10.5. The van der Waals surface area contributed by atoms with Crippen LogP contribution in [-0.2, 0) is 19.0 Å². The van der Waals surface area contributed by atoms with E-state index in [1.807, 2.05) is 18.2 Å². The first-order valence-electron chi connectivity index (χ1n) is 11.8. The molecule has 1 aromatic carbocycles. The van der Waals surface area contributed by atoms with Gasteiger partial charge in [-0.15, -0.1) is 11.8 Å². The van der Waals surface area contributed by atoms with Gasteiger partial charge in [0, 0.05) is 11.5 Å². The largest absolute Gasteiger partial charge is 0.468 e. The number of hydrogen-bond acceptors (Lipinski definition) is 5. The van der Waals surface area contributed by atoms with E-state index >= 15 is 0 Å². The summed E-state index contributed by atoms with van der Waals surface area (Å²) < 4.78 is 16.8.